The van der Waals surface area contributed by atoms with Gasteiger partial charge in [0.1, 0.15) is 0 Å². The number of carbonyl (C=O) groups excluding carboxylic acids is 1. The summed E-state index contributed by atoms with van der Waals surface area (Å²) in [5, 5.41) is 12.5. The SMILES string of the molecule is COc1ccc(C(=O)NC(CN)CC(C)C)cc1O. The number of methoxy groups -OCH3 is 1. The van der Waals surface area contributed by atoms with Crippen LogP contribution in [0.5, 0.6) is 11.5 Å². The minimum atomic E-state index is -0.242. The summed E-state index contributed by atoms with van der Waals surface area (Å²) in [7, 11) is 1.46. The number of rotatable bonds is 6. The predicted octanol–water partition coefficient (Wildman–Crippen LogP) is 1.50. The van der Waals surface area contributed by atoms with Crippen LogP contribution in [0.3, 0.4) is 0 Å². The van der Waals surface area contributed by atoms with E-state index >= 15 is 0 Å². The largest absolute Gasteiger partial charge is 0.504 e. The van der Waals surface area contributed by atoms with Crippen molar-refractivity contribution in [2.75, 3.05) is 13.7 Å². The van der Waals surface area contributed by atoms with E-state index in [1.54, 1.807) is 12.1 Å². The van der Waals surface area contributed by atoms with Gasteiger partial charge in [0, 0.05) is 18.2 Å². The van der Waals surface area contributed by atoms with Crippen LogP contribution in [0, 0.1) is 5.92 Å². The maximum Gasteiger partial charge on any atom is 0.251 e. The van der Waals surface area contributed by atoms with E-state index in [1.165, 1.54) is 13.2 Å². The third-order valence-electron chi connectivity index (χ3n) is 2.82. The average Bonchev–Trinajstić information content (AvgIpc) is 2.37. The quantitative estimate of drug-likeness (QED) is 0.728. The summed E-state index contributed by atoms with van der Waals surface area (Å²) in [5.41, 5.74) is 6.03. The summed E-state index contributed by atoms with van der Waals surface area (Å²) < 4.78 is 4.93. The highest BCUT2D eigenvalue weighted by atomic mass is 16.5. The van der Waals surface area contributed by atoms with Crippen molar-refractivity contribution in [3.05, 3.63) is 23.8 Å². The normalized spacial score (nSPS) is 12.3. The molecule has 0 aliphatic carbocycles. The van der Waals surface area contributed by atoms with Gasteiger partial charge in [-0.3, -0.25) is 4.79 Å². The number of aromatic hydroxyl groups is 1. The van der Waals surface area contributed by atoms with Crippen LogP contribution in [0.4, 0.5) is 0 Å². The van der Waals surface area contributed by atoms with Gasteiger partial charge in [0.25, 0.3) is 5.91 Å². The number of nitrogens with two attached hydrogens (primary N) is 1. The Balaban J connectivity index is 2.74. The molecule has 0 aliphatic rings. The molecule has 0 radical (unpaired) electrons. The van der Waals surface area contributed by atoms with Gasteiger partial charge in [-0.2, -0.15) is 0 Å². The molecule has 0 heterocycles. The summed E-state index contributed by atoms with van der Waals surface area (Å²) in [5.74, 6) is 0.504. The standard InChI is InChI=1S/C14H22N2O3/c1-9(2)6-11(8-15)16-14(18)10-4-5-13(19-3)12(17)7-10/h4-5,7,9,11,17H,6,8,15H2,1-3H3,(H,16,18). The smallest absolute Gasteiger partial charge is 0.251 e. The highest BCUT2D eigenvalue weighted by Gasteiger charge is 2.15. The lowest BCUT2D eigenvalue weighted by Gasteiger charge is -2.19. The van der Waals surface area contributed by atoms with Gasteiger partial charge in [-0.25, -0.2) is 0 Å². The first-order valence-corrected chi connectivity index (χ1v) is 6.35. The first-order chi connectivity index (χ1) is 8.97. The van der Waals surface area contributed by atoms with E-state index in [1.807, 2.05) is 0 Å². The maximum absolute atomic E-state index is 12.0. The maximum atomic E-state index is 12.0. The lowest BCUT2D eigenvalue weighted by molar-refractivity contribution is 0.0933. The molecular weight excluding hydrogens is 244 g/mol. The minimum Gasteiger partial charge on any atom is -0.504 e. The topological polar surface area (TPSA) is 84.6 Å². The van der Waals surface area contributed by atoms with Crippen molar-refractivity contribution in [1.82, 2.24) is 5.32 Å². The second kappa shape index (κ2) is 6.99. The summed E-state index contributed by atoms with van der Waals surface area (Å²) in [6, 6.07) is 4.50. The lowest BCUT2D eigenvalue weighted by atomic mass is 10.0. The van der Waals surface area contributed by atoms with Crippen molar-refractivity contribution >= 4 is 5.91 Å². The molecule has 1 unspecified atom stereocenters. The van der Waals surface area contributed by atoms with E-state index in [-0.39, 0.29) is 17.7 Å². The molecule has 0 aliphatic heterocycles. The molecular formula is C14H22N2O3. The molecule has 1 amide bonds. The number of hydrogen-bond acceptors (Lipinski definition) is 4. The van der Waals surface area contributed by atoms with Crippen LogP contribution in [0.25, 0.3) is 0 Å². The molecule has 0 bridgehead atoms. The van der Waals surface area contributed by atoms with Gasteiger partial charge in [-0.1, -0.05) is 13.8 Å². The number of amides is 1. The van der Waals surface area contributed by atoms with Gasteiger partial charge in [0.15, 0.2) is 11.5 Å². The Kier molecular flexibility index (Phi) is 5.63. The van der Waals surface area contributed by atoms with Gasteiger partial charge in [0.05, 0.1) is 7.11 Å². The monoisotopic (exact) mass is 266 g/mol. The van der Waals surface area contributed by atoms with Crippen LogP contribution in [0.2, 0.25) is 0 Å². The molecule has 0 saturated heterocycles. The van der Waals surface area contributed by atoms with E-state index < -0.39 is 0 Å². The molecule has 1 aromatic carbocycles. The molecule has 0 saturated carbocycles. The molecule has 1 rings (SSSR count). The van der Waals surface area contributed by atoms with Crippen LogP contribution >= 0.6 is 0 Å². The average molecular weight is 266 g/mol. The van der Waals surface area contributed by atoms with Crippen molar-refractivity contribution in [1.29, 1.82) is 0 Å². The van der Waals surface area contributed by atoms with E-state index in [2.05, 4.69) is 19.2 Å². The molecule has 1 aromatic rings. The number of nitrogens with one attached hydrogen (secondary N) is 1. The Morgan fingerprint density at radius 2 is 2.16 bits per heavy atom. The minimum absolute atomic E-state index is 0.0525. The Hall–Kier alpha value is -1.75. The number of phenolic OH excluding ortho intramolecular Hbond substituents is 1. The molecule has 4 N–H and O–H groups in total. The molecule has 0 fully saturated rings. The van der Waals surface area contributed by atoms with Crippen LogP contribution < -0.4 is 15.8 Å². The van der Waals surface area contributed by atoms with Crippen molar-refractivity contribution in [3.8, 4) is 11.5 Å². The fourth-order valence-electron chi connectivity index (χ4n) is 1.88. The van der Waals surface area contributed by atoms with E-state index in [9.17, 15) is 9.90 Å². The number of ether oxygens (including phenoxy) is 1. The zero-order valence-corrected chi connectivity index (χ0v) is 11.6. The number of hydrogen-bond donors (Lipinski definition) is 3. The van der Waals surface area contributed by atoms with Crippen molar-refractivity contribution in [3.63, 3.8) is 0 Å². The van der Waals surface area contributed by atoms with Gasteiger partial charge in [-0.05, 0) is 30.5 Å². The Morgan fingerprint density at radius 1 is 1.47 bits per heavy atom. The number of carbonyl (C=O) groups is 1. The fourth-order valence-corrected chi connectivity index (χ4v) is 1.88. The Labute approximate surface area is 113 Å². The Bertz CT molecular complexity index is 433. The first kappa shape index (κ1) is 15.3. The summed E-state index contributed by atoms with van der Waals surface area (Å²) in [4.78, 5) is 12.0. The molecule has 1 atom stereocenters. The fraction of sp³-hybridized carbons (Fsp3) is 0.500. The molecule has 19 heavy (non-hydrogen) atoms. The number of benzene rings is 1. The zero-order chi connectivity index (χ0) is 14.4. The molecule has 0 aromatic heterocycles. The second-order valence-corrected chi connectivity index (χ2v) is 4.92. The zero-order valence-electron chi connectivity index (χ0n) is 11.6. The molecule has 106 valence electrons. The highest BCUT2D eigenvalue weighted by molar-refractivity contribution is 5.95. The van der Waals surface area contributed by atoms with E-state index in [4.69, 9.17) is 10.5 Å². The summed E-state index contributed by atoms with van der Waals surface area (Å²) >= 11 is 0. The molecule has 5 heteroatoms. The third-order valence-corrected chi connectivity index (χ3v) is 2.82. The van der Waals surface area contributed by atoms with E-state index in [0.717, 1.165) is 6.42 Å². The number of phenols is 1. The molecule has 5 nitrogen and oxygen atoms in total. The molecule has 0 spiro atoms. The first-order valence-electron chi connectivity index (χ1n) is 6.35. The van der Waals surface area contributed by atoms with Crippen molar-refractivity contribution < 1.29 is 14.6 Å². The lowest BCUT2D eigenvalue weighted by Crippen LogP contribution is -2.41. The van der Waals surface area contributed by atoms with Crippen LogP contribution in [-0.2, 0) is 0 Å². The second-order valence-electron chi connectivity index (χ2n) is 4.92. The van der Waals surface area contributed by atoms with Crippen LogP contribution in [0.15, 0.2) is 18.2 Å². The van der Waals surface area contributed by atoms with Gasteiger partial charge < -0.3 is 20.9 Å². The van der Waals surface area contributed by atoms with E-state index in [0.29, 0.717) is 23.8 Å². The van der Waals surface area contributed by atoms with Crippen molar-refractivity contribution in [2.24, 2.45) is 11.7 Å². The van der Waals surface area contributed by atoms with Crippen LogP contribution in [-0.4, -0.2) is 30.7 Å². The van der Waals surface area contributed by atoms with Gasteiger partial charge in [-0.15, -0.1) is 0 Å². The highest BCUT2D eigenvalue weighted by Crippen LogP contribution is 2.26. The Morgan fingerprint density at radius 3 is 2.63 bits per heavy atom. The van der Waals surface area contributed by atoms with Gasteiger partial charge in [0.2, 0.25) is 0 Å². The summed E-state index contributed by atoms with van der Waals surface area (Å²) in [6.45, 7) is 4.55. The van der Waals surface area contributed by atoms with Gasteiger partial charge >= 0.3 is 0 Å². The third kappa shape index (κ3) is 4.44. The van der Waals surface area contributed by atoms with Crippen molar-refractivity contribution in [2.45, 2.75) is 26.3 Å². The predicted molar refractivity (Wildman–Crippen MR) is 74.4 cm³/mol. The van der Waals surface area contributed by atoms with Crippen LogP contribution in [0.1, 0.15) is 30.6 Å². The summed E-state index contributed by atoms with van der Waals surface area (Å²) in [6.07, 6.45) is 0.824.